The highest BCUT2D eigenvalue weighted by Crippen LogP contribution is 2.32. The predicted molar refractivity (Wildman–Crippen MR) is 113 cm³/mol. The van der Waals surface area contributed by atoms with Crippen LogP contribution in [0.3, 0.4) is 0 Å². The van der Waals surface area contributed by atoms with Crippen LogP contribution in [-0.2, 0) is 11.2 Å². The number of unbranched alkanes of at least 4 members (excludes halogenated alkanes) is 4. The Kier molecular flexibility index (Phi) is 7.28. The van der Waals surface area contributed by atoms with Crippen LogP contribution >= 0.6 is 12.6 Å². The topological polar surface area (TPSA) is 43.1 Å². The molecule has 0 atom stereocenters. The lowest BCUT2D eigenvalue weighted by Crippen LogP contribution is -1.89. The Labute approximate surface area is 166 Å². The van der Waals surface area contributed by atoms with Crippen LogP contribution in [0.25, 0.3) is 22.6 Å². The van der Waals surface area contributed by atoms with Crippen molar-refractivity contribution in [3.8, 4) is 22.6 Å². The van der Waals surface area contributed by atoms with Gasteiger partial charge in [-0.05, 0) is 12.8 Å². The molecule has 0 N–H and O–H groups in total. The lowest BCUT2D eigenvalue weighted by atomic mass is 10.1. The van der Waals surface area contributed by atoms with Gasteiger partial charge in [0, 0.05) is 24.0 Å². The minimum absolute atomic E-state index is 0.0170. The quantitative estimate of drug-likeness (QED) is 0.330. The van der Waals surface area contributed by atoms with Crippen molar-refractivity contribution in [3.63, 3.8) is 0 Å². The Balaban J connectivity index is 1.65. The number of oxazole rings is 1. The first kappa shape index (κ1) is 19.4. The molecular formula is C23H25NO2S. The number of carbonyl (C=O) groups is 1. The molecule has 1 aromatic heterocycles. The highest BCUT2D eigenvalue weighted by atomic mass is 32.1. The summed E-state index contributed by atoms with van der Waals surface area (Å²) in [5, 5.41) is -0.0170. The van der Waals surface area contributed by atoms with E-state index in [9.17, 15) is 4.79 Å². The number of thiol groups is 1. The summed E-state index contributed by atoms with van der Waals surface area (Å²) in [5.41, 5.74) is 3.03. The van der Waals surface area contributed by atoms with Crippen LogP contribution in [0.1, 0.15) is 44.4 Å². The first-order valence-corrected chi connectivity index (χ1v) is 10.0. The monoisotopic (exact) mass is 379 g/mol. The molecule has 3 aromatic rings. The third kappa shape index (κ3) is 5.83. The van der Waals surface area contributed by atoms with Crippen LogP contribution in [0.5, 0.6) is 0 Å². The molecule has 3 rings (SSSR count). The van der Waals surface area contributed by atoms with E-state index in [-0.39, 0.29) is 5.12 Å². The van der Waals surface area contributed by atoms with Gasteiger partial charge in [0.05, 0.1) is 0 Å². The van der Waals surface area contributed by atoms with Gasteiger partial charge >= 0.3 is 0 Å². The van der Waals surface area contributed by atoms with Gasteiger partial charge in [-0.2, -0.15) is 0 Å². The molecule has 0 fully saturated rings. The first-order chi connectivity index (χ1) is 13.2. The summed E-state index contributed by atoms with van der Waals surface area (Å²) in [5.74, 6) is 1.63. The van der Waals surface area contributed by atoms with E-state index in [0.717, 1.165) is 67.0 Å². The zero-order chi connectivity index (χ0) is 18.9. The number of rotatable bonds is 10. The van der Waals surface area contributed by atoms with E-state index in [0.29, 0.717) is 6.42 Å². The van der Waals surface area contributed by atoms with Crippen molar-refractivity contribution in [2.45, 2.75) is 44.9 Å². The second-order valence-corrected chi connectivity index (χ2v) is 7.18. The summed E-state index contributed by atoms with van der Waals surface area (Å²) >= 11 is 3.80. The molecule has 0 saturated carbocycles. The maximum atomic E-state index is 10.8. The lowest BCUT2D eigenvalue weighted by molar-refractivity contribution is -0.110. The van der Waals surface area contributed by atoms with Gasteiger partial charge in [-0.1, -0.05) is 79.9 Å². The Morgan fingerprint density at radius 3 is 2.07 bits per heavy atom. The molecule has 0 radical (unpaired) electrons. The van der Waals surface area contributed by atoms with Crippen LogP contribution in [0, 0.1) is 0 Å². The molecule has 0 amide bonds. The third-order valence-corrected chi connectivity index (χ3v) is 4.76. The summed E-state index contributed by atoms with van der Waals surface area (Å²) in [6, 6.07) is 20.3. The van der Waals surface area contributed by atoms with Gasteiger partial charge in [0.1, 0.15) is 5.69 Å². The van der Waals surface area contributed by atoms with Gasteiger partial charge < -0.3 is 4.42 Å². The first-order valence-electron chi connectivity index (χ1n) is 9.56. The summed E-state index contributed by atoms with van der Waals surface area (Å²) in [7, 11) is 0. The van der Waals surface area contributed by atoms with E-state index in [1.807, 2.05) is 36.4 Å². The molecule has 0 aliphatic heterocycles. The number of nitrogens with zero attached hydrogens (tertiary/aromatic N) is 1. The summed E-state index contributed by atoms with van der Waals surface area (Å²) in [6.45, 7) is 0. The Morgan fingerprint density at radius 2 is 1.41 bits per heavy atom. The zero-order valence-electron chi connectivity index (χ0n) is 15.4. The molecule has 2 aromatic carbocycles. The molecule has 27 heavy (non-hydrogen) atoms. The van der Waals surface area contributed by atoms with Crippen LogP contribution in [0.2, 0.25) is 0 Å². The minimum atomic E-state index is -0.0170. The zero-order valence-corrected chi connectivity index (χ0v) is 16.3. The van der Waals surface area contributed by atoms with Crippen molar-refractivity contribution in [2.24, 2.45) is 0 Å². The standard InChI is InChI=1S/C23H25NO2S/c25-21(27)17-11-3-1-2-10-16-20-24-22(18-12-6-4-7-13-18)23(26-20)19-14-8-5-9-15-19/h4-9,12-15H,1-3,10-11,16-17H2,(H,25,27). The average molecular weight is 380 g/mol. The molecule has 1 heterocycles. The Morgan fingerprint density at radius 1 is 0.815 bits per heavy atom. The normalized spacial score (nSPS) is 10.9. The van der Waals surface area contributed by atoms with E-state index in [2.05, 4.69) is 36.9 Å². The van der Waals surface area contributed by atoms with Crippen LogP contribution in [0.4, 0.5) is 0 Å². The molecule has 3 nitrogen and oxygen atoms in total. The van der Waals surface area contributed by atoms with E-state index in [1.54, 1.807) is 0 Å². The van der Waals surface area contributed by atoms with Gasteiger partial charge in [-0.25, -0.2) is 4.98 Å². The van der Waals surface area contributed by atoms with E-state index < -0.39 is 0 Å². The van der Waals surface area contributed by atoms with Crippen LogP contribution < -0.4 is 0 Å². The van der Waals surface area contributed by atoms with Gasteiger partial charge in [-0.15, -0.1) is 12.6 Å². The van der Waals surface area contributed by atoms with Gasteiger partial charge in [0.15, 0.2) is 16.8 Å². The van der Waals surface area contributed by atoms with Crippen molar-refractivity contribution < 1.29 is 9.21 Å². The van der Waals surface area contributed by atoms with Gasteiger partial charge in [0.25, 0.3) is 0 Å². The summed E-state index contributed by atoms with van der Waals surface area (Å²) in [6.07, 6.45) is 6.68. The fraction of sp³-hybridized carbons (Fsp3) is 0.304. The lowest BCUT2D eigenvalue weighted by Gasteiger charge is -2.00. The molecule has 140 valence electrons. The van der Waals surface area contributed by atoms with E-state index in [4.69, 9.17) is 9.40 Å². The number of carbonyl (C=O) groups excluding carboxylic acids is 1. The van der Waals surface area contributed by atoms with Crippen LogP contribution in [-0.4, -0.2) is 10.1 Å². The molecule has 4 heteroatoms. The highest BCUT2D eigenvalue weighted by molar-refractivity contribution is 7.96. The molecule has 0 unspecified atom stereocenters. The fourth-order valence-corrected chi connectivity index (χ4v) is 3.29. The second kappa shape index (κ2) is 10.1. The van der Waals surface area contributed by atoms with E-state index in [1.165, 1.54) is 0 Å². The molecular weight excluding hydrogens is 354 g/mol. The maximum absolute atomic E-state index is 10.8. The largest absolute Gasteiger partial charge is 0.440 e. The summed E-state index contributed by atoms with van der Waals surface area (Å²) in [4.78, 5) is 15.6. The number of benzene rings is 2. The number of hydrogen-bond donors (Lipinski definition) is 1. The van der Waals surface area contributed by atoms with Crippen LogP contribution in [0.15, 0.2) is 65.1 Å². The van der Waals surface area contributed by atoms with Gasteiger partial charge in [0.2, 0.25) is 0 Å². The number of aryl methyl sites for hydroxylation is 1. The SMILES string of the molecule is O=C(S)CCCCCCCc1nc(-c2ccccc2)c(-c2ccccc2)o1. The second-order valence-electron chi connectivity index (χ2n) is 6.68. The Bertz CT molecular complexity index is 786. The van der Waals surface area contributed by atoms with Gasteiger partial charge in [-0.3, -0.25) is 4.79 Å². The maximum Gasteiger partial charge on any atom is 0.195 e. The Hall–Kier alpha value is -2.33. The molecule has 0 bridgehead atoms. The minimum Gasteiger partial charge on any atom is -0.440 e. The number of hydrogen-bond acceptors (Lipinski definition) is 3. The number of aromatic nitrogens is 1. The average Bonchev–Trinajstić information content (AvgIpc) is 3.13. The third-order valence-electron chi connectivity index (χ3n) is 4.54. The molecule has 0 aliphatic rings. The van der Waals surface area contributed by atoms with Crippen molar-refractivity contribution in [1.29, 1.82) is 0 Å². The smallest absolute Gasteiger partial charge is 0.195 e. The summed E-state index contributed by atoms with van der Waals surface area (Å²) < 4.78 is 6.15. The van der Waals surface area contributed by atoms with Crippen molar-refractivity contribution in [1.82, 2.24) is 4.98 Å². The van der Waals surface area contributed by atoms with E-state index >= 15 is 0 Å². The predicted octanol–water partition coefficient (Wildman–Crippen LogP) is 6.35. The van der Waals surface area contributed by atoms with Crippen molar-refractivity contribution in [2.75, 3.05) is 0 Å². The molecule has 0 aliphatic carbocycles. The molecule has 0 spiro atoms. The van der Waals surface area contributed by atoms with Crippen molar-refractivity contribution >= 4 is 17.7 Å². The molecule has 0 saturated heterocycles. The highest BCUT2D eigenvalue weighted by Gasteiger charge is 2.16. The van der Waals surface area contributed by atoms with Crippen molar-refractivity contribution in [3.05, 3.63) is 66.6 Å². The fourth-order valence-electron chi connectivity index (χ4n) is 3.13.